The van der Waals surface area contributed by atoms with Gasteiger partial charge in [0.2, 0.25) is 5.60 Å². The van der Waals surface area contributed by atoms with Gasteiger partial charge in [-0.15, -0.1) is 0 Å². The van der Waals surface area contributed by atoms with Crippen LogP contribution in [0.5, 0.6) is 11.5 Å². The van der Waals surface area contributed by atoms with E-state index < -0.39 is 5.60 Å². The first kappa shape index (κ1) is 22.4. The summed E-state index contributed by atoms with van der Waals surface area (Å²) >= 11 is 0. The average molecular weight is 441 g/mol. The fraction of sp³-hybridized carbons (Fsp3) is 0.207. The van der Waals surface area contributed by atoms with Crippen LogP contribution < -0.4 is 9.47 Å². The maximum atomic E-state index is 13.0. The summed E-state index contributed by atoms with van der Waals surface area (Å²) in [6.45, 7) is 4.36. The smallest absolute Gasteiger partial charge is 0.350 e. The number of hydrogen-bond donors (Lipinski definition) is 0. The fourth-order valence-corrected chi connectivity index (χ4v) is 3.89. The largest absolute Gasteiger partial charge is 0.488 e. The van der Waals surface area contributed by atoms with Crippen molar-refractivity contribution in [3.8, 4) is 11.5 Å². The molecular formula is C29H28O4. The van der Waals surface area contributed by atoms with Crippen LogP contribution in [0.25, 0.3) is 10.8 Å². The van der Waals surface area contributed by atoms with Gasteiger partial charge in [-0.1, -0.05) is 78.9 Å². The molecule has 0 heterocycles. The summed E-state index contributed by atoms with van der Waals surface area (Å²) in [6.07, 6.45) is 0.361. The first-order valence-electron chi connectivity index (χ1n) is 11.2. The number of ether oxygens (including phenoxy) is 3. The highest BCUT2D eigenvalue weighted by molar-refractivity contribution is 5.92. The zero-order valence-corrected chi connectivity index (χ0v) is 19.0. The quantitative estimate of drug-likeness (QED) is 0.284. The SMILES string of the molecule is CCOC(=O)C(C)(Cc1ccc(OCc2ccccc2)c2ccccc12)Oc1ccccc1. The maximum absolute atomic E-state index is 13.0. The van der Waals surface area contributed by atoms with Gasteiger partial charge in [0, 0.05) is 11.8 Å². The lowest BCUT2D eigenvalue weighted by atomic mass is 9.92. The van der Waals surface area contributed by atoms with Crippen molar-refractivity contribution in [2.75, 3.05) is 6.61 Å². The van der Waals surface area contributed by atoms with Crippen molar-refractivity contribution in [2.45, 2.75) is 32.5 Å². The second kappa shape index (κ2) is 10.2. The Morgan fingerprint density at radius 3 is 2.12 bits per heavy atom. The highest BCUT2D eigenvalue weighted by Gasteiger charge is 2.38. The van der Waals surface area contributed by atoms with Gasteiger partial charge in [-0.25, -0.2) is 4.79 Å². The standard InChI is InChI=1S/C29H28O4/c1-3-31-28(30)29(2,33-24-14-8-5-9-15-24)20-23-18-19-27(26-17-11-10-16-25(23)26)32-21-22-12-6-4-7-13-22/h4-19H,3,20-21H2,1-2H3. The number of benzene rings is 4. The summed E-state index contributed by atoms with van der Waals surface area (Å²) in [6, 6.07) is 31.5. The van der Waals surface area contributed by atoms with Crippen molar-refractivity contribution in [1.82, 2.24) is 0 Å². The van der Waals surface area contributed by atoms with Crippen molar-refractivity contribution < 1.29 is 19.0 Å². The topological polar surface area (TPSA) is 44.8 Å². The van der Waals surface area contributed by atoms with Gasteiger partial charge in [-0.3, -0.25) is 0 Å². The minimum absolute atomic E-state index is 0.291. The fourth-order valence-electron chi connectivity index (χ4n) is 3.89. The van der Waals surface area contributed by atoms with Crippen LogP contribution in [0.3, 0.4) is 0 Å². The van der Waals surface area contributed by atoms with Crippen LogP contribution in [0.15, 0.2) is 97.1 Å². The first-order valence-corrected chi connectivity index (χ1v) is 11.2. The normalized spacial score (nSPS) is 12.7. The molecule has 0 aliphatic heterocycles. The van der Waals surface area contributed by atoms with Gasteiger partial charge in [0.25, 0.3) is 0 Å². The third-order valence-electron chi connectivity index (χ3n) is 5.53. The summed E-state index contributed by atoms with van der Waals surface area (Å²) in [7, 11) is 0. The van der Waals surface area contributed by atoms with E-state index in [1.165, 1.54) is 0 Å². The molecular weight excluding hydrogens is 412 g/mol. The Bertz CT molecular complexity index is 1200. The maximum Gasteiger partial charge on any atom is 0.350 e. The first-order chi connectivity index (χ1) is 16.1. The van der Waals surface area contributed by atoms with E-state index in [9.17, 15) is 4.79 Å². The minimum atomic E-state index is -1.17. The van der Waals surface area contributed by atoms with Crippen LogP contribution in [0.2, 0.25) is 0 Å². The van der Waals surface area contributed by atoms with E-state index in [0.717, 1.165) is 27.6 Å². The van der Waals surface area contributed by atoms with E-state index in [0.29, 0.717) is 25.4 Å². The Balaban J connectivity index is 1.65. The molecule has 33 heavy (non-hydrogen) atoms. The average Bonchev–Trinajstić information content (AvgIpc) is 2.85. The molecule has 1 unspecified atom stereocenters. The lowest BCUT2D eigenvalue weighted by Gasteiger charge is -2.29. The predicted octanol–water partition coefficient (Wildman–Crippen LogP) is 6.36. The Kier molecular flexibility index (Phi) is 6.94. The number of esters is 1. The molecule has 0 aliphatic carbocycles. The van der Waals surface area contributed by atoms with Crippen LogP contribution >= 0.6 is 0 Å². The molecule has 4 aromatic rings. The van der Waals surface area contributed by atoms with Gasteiger partial charge in [-0.2, -0.15) is 0 Å². The lowest BCUT2D eigenvalue weighted by Crippen LogP contribution is -2.45. The highest BCUT2D eigenvalue weighted by Crippen LogP contribution is 2.33. The van der Waals surface area contributed by atoms with Gasteiger partial charge in [-0.05, 0) is 48.6 Å². The molecule has 0 amide bonds. The van der Waals surface area contributed by atoms with E-state index in [1.807, 2.05) is 97.1 Å². The number of rotatable bonds is 9. The molecule has 0 fully saturated rings. The van der Waals surface area contributed by atoms with E-state index in [-0.39, 0.29) is 5.97 Å². The van der Waals surface area contributed by atoms with E-state index in [4.69, 9.17) is 14.2 Å². The Morgan fingerprint density at radius 1 is 0.788 bits per heavy atom. The van der Waals surface area contributed by atoms with Gasteiger partial charge >= 0.3 is 5.97 Å². The van der Waals surface area contributed by atoms with Crippen molar-refractivity contribution in [1.29, 1.82) is 0 Å². The van der Waals surface area contributed by atoms with Crippen molar-refractivity contribution >= 4 is 16.7 Å². The van der Waals surface area contributed by atoms with Crippen LogP contribution in [0, 0.1) is 0 Å². The van der Waals surface area contributed by atoms with Crippen LogP contribution in [0.4, 0.5) is 0 Å². The van der Waals surface area contributed by atoms with Crippen molar-refractivity contribution in [3.63, 3.8) is 0 Å². The van der Waals surface area contributed by atoms with Gasteiger partial charge in [0.05, 0.1) is 6.61 Å². The Hall–Kier alpha value is -3.79. The summed E-state index contributed by atoms with van der Waals surface area (Å²) in [5, 5.41) is 2.02. The third-order valence-corrected chi connectivity index (χ3v) is 5.53. The number of fused-ring (bicyclic) bond motifs is 1. The molecule has 1 atom stereocenters. The number of hydrogen-bond acceptors (Lipinski definition) is 4. The molecule has 4 heteroatoms. The Labute approximate surface area is 194 Å². The minimum Gasteiger partial charge on any atom is -0.488 e. The molecule has 4 nitrogen and oxygen atoms in total. The van der Waals surface area contributed by atoms with Gasteiger partial charge < -0.3 is 14.2 Å². The zero-order valence-electron chi connectivity index (χ0n) is 19.0. The van der Waals surface area contributed by atoms with E-state index in [2.05, 4.69) is 0 Å². The Morgan fingerprint density at radius 2 is 1.42 bits per heavy atom. The molecule has 0 saturated heterocycles. The number of para-hydroxylation sites is 1. The summed E-state index contributed by atoms with van der Waals surface area (Å²) in [5.74, 6) is 1.04. The second-order valence-corrected chi connectivity index (χ2v) is 8.09. The molecule has 0 saturated carbocycles. The van der Waals surface area contributed by atoms with E-state index >= 15 is 0 Å². The number of carbonyl (C=O) groups is 1. The number of carbonyl (C=O) groups excluding carboxylic acids is 1. The monoisotopic (exact) mass is 440 g/mol. The van der Waals surface area contributed by atoms with Gasteiger partial charge in [0.15, 0.2) is 0 Å². The highest BCUT2D eigenvalue weighted by atomic mass is 16.6. The molecule has 0 N–H and O–H groups in total. The van der Waals surface area contributed by atoms with Crippen molar-refractivity contribution in [2.24, 2.45) is 0 Å². The van der Waals surface area contributed by atoms with Crippen LogP contribution in [-0.4, -0.2) is 18.2 Å². The molecule has 0 radical (unpaired) electrons. The summed E-state index contributed by atoms with van der Waals surface area (Å²) < 4.78 is 17.7. The van der Waals surface area contributed by atoms with Gasteiger partial charge in [0.1, 0.15) is 18.1 Å². The zero-order chi connectivity index (χ0) is 23.1. The molecule has 0 spiro atoms. The summed E-state index contributed by atoms with van der Waals surface area (Å²) in [5.41, 5.74) is 0.924. The van der Waals surface area contributed by atoms with E-state index in [1.54, 1.807) is 13.8 Å². The van der Waals surface area contributed by atoms with Crippen LogP contribution in [0.1, 0.15) is 25.0 Å². The molecule has 0 bridgehead atoms. The second-order valence-electron chi connectivity index (χ2n) is 8.09. The molecule has 4 rings (SSSR count). The molecule has 168 valence electrons. The molecule has 0 aromatic heterocycles. The lowest BCUT2D eigenvalue weighted by molar-refractivity contribution is -0.160. The predicted molar refractivity (Wildman–Crippen MR) is 131 cm³/mol. The summed E-state index contributed by atoms with van der Waals surface area (Å²) in [4.78, 5) is 13.0. The molecule has 0 aliphatic rings. The van der Waals surface area contributed by atoms with Crippen molar-refractivity contribution in [3.05, 3.63) is 108 Å². The molecule has 4 aromatic carbocycles. The third kappa shape index (κ3) is 5.35. The van der Waals surface area contributed by atoms with Crippen LogP contribution in [-0.2, 0) is 22.6 Å².